The first-order valence-electron chi connectivity index (χ1n) is 9.37. The summed E-state index contributed by atoms with van der Waals surface area (Å²) in [5.41, 5.74) is 0. The van der Waals surface area contributed by atoms with Gasteiger partial charge in [0.15, 0.2) is 11.8 Å². The van der Waals surface area contributed by atoms with E-state index >= 15 is 0 Å². The first-order valence-corrected chi connectivity index (χ1v) is 9.37. The molecule has 0 saturated heterocycles. The number of guanidine groups is 1. The summed E-state index contributed by atoms with van der Waals surface area (Å²) >= 11 is 0. The summed E-state index contributed by atoms with van der Waals surface area (Å²) in [6.45, 7) is 9.10. The van der Waals surface area contributed by atoms with Crippen LogP contribution >= 0.6 is 0 Å². The van der Waals surface area contributed by atoms with Crippen LogP contribution in [0, 0.1) is 18.8 Å². The van der Waals surface area contributed by atoms with Gasteiger partial charge in [0.1, 0.15) is 0 Å². The minimum Gasteiger partial charge on any atom is -0.357 e. The lowest BCUT2D eigenvalue weighted by molar-refractivity contribution is 0.250. The molecule has 2 rings (SSSR count). The number of hydrogen-bond donors (Lipinski definition) is 1. The molecule has 136 valence electrons. The van der Waals surface area contributed by atoms with Gasteiger partial charge in [0.25, 0.3) is 0 Å². The molecule has 0 spiro atoms. The molecule has 0 bridgehead atoms. The molecule has 1 fully saturated rings. The van der Waals surface area contributed by atoms with E-state index in [-0.39, 0.29) is 0 Å². The number of nitrogens with one attached hydrogen (secondary N) is 1. The molecule has 0 atom stereocenters. The zero-order chi connectivity index (χ0) is 17.4. The number of aromatic nitrogens is 2. The highest BCUT2D eigenvalue weighted by Gasteiger charge is 2.20. The van der Waals surface area contributed by atoms with Gasteiger partial charge in [-0.05, 0) is 44.9 Å². The zero-order valence-electron chi connectivity index (χ0n) is 15.7. The number of aliphatic imine (C=N–C) groups is 1. The molecule has 24 heavy (non-hydrogen) atoms. The fourth-order valence-corrected chi connectivity index (χ4v) is 3.31. The van der Waals surface area contributed by atoms with Gasteiger partial charge in [-0.3, -0.25) is 4.99 Å². The van der Waals surface area contributed by atoms with Gasteiger partial charge in [-0.15, -0.1) is 0 Å². The van der Waals surface area contributed by atoms with E-state index in [4.69, 9.17) is 9.52 Å². The van der Waals surface area contributed by atoms with Crippen molar-refractivity contribution in [3.8, 4) is 0 Å². The summed E-state index contributed by atoms with van der Waals surface area (Å²) in [7, 11) is 2.15. The summed E-state index contributed by atoms with van der Waals surface area (Å²) in [4.78, 5) is 11.3. The number of hydrogen-bond acceptors (Lipinski definition) is 4. The fourth-order valence-electron chi connectivity index (χ4n) is 3.31. The van der Waals surface area contributed by atoms with Crippen LogP contribution in [-0.4, -0.2) is 47.7 Å². The highest BCUT2D eigenvalue weighted by Crippen LogP contribution is 2.28. The van der Waals surface area contributed by atoms with E-state index in [0.29, 0.717) is 11.7 Å². The Morgan fingerprint density at radius 1 is 1.33 bits per heavy atom. The lowest BCUT2D eigenvalue weighted by atomic mass is 9.83. The van der Waals surface area contributed by atoms with Crippen LogP contribution in [0.15, 0.2) is 9.52 Å². The summed E-state index contributed by atoms with van der Waals surface area (Å²) in [6.07, 6.45) is 7.15. The maximum Gasteiger partial charge on any atom is 0.226 e. The molecule has 0 radical (unpaired) electrons. The lowest BCUT2D eigenvalue weighted by Crippen LogP contribution is -2.42. The van der Waals surface area contributed by atoms with Crippen LogP contribution in [0.5, 0.6) is 0 Å². The van der Waals surface area contributed by atoms with Crippen LogP contribution in [0.4, 0.5) is 0 Å². The van der Waals surface area contributed by atoms with E-state index in [9.17, 15) is 0 Å². The molecule has 6 heteroatoms. The van der Waals surface area contributed by atoms with Crippen molar-refractivity contribution in [3.05, 3.63) is 11.7 Å². The van der Waals surface area contributed by atoms with Gasteiger partial charge in [0, 0.05) is 33.1 Å². The van der Waals surface area contributed by atoms with E-state index in [1.54, 1.807) is 0 Å². The van der Waals surface area contributed by atoms with E-state index in [2.05, 4.69) is 41.3 Å². The highest BCUT2D eigenvalue weighted by atomic mass is 16.5. The van der Waals surface area contributed by atoms with Gasteiger partial charge in [-0.2, -0.15) is 4.98 Å². The summed E-state index contributed by atoms with van der Waals surface area (Å²) in [6, 6.07) is 0. The molecule has 0 unspecified atom stereocenters. The van der Waals surface area contributed by atoms with Crippen LogP contribution in [0.25, 0.3) is 0 Å². The summed E-state index contributed by atoms with van der Waals surface area (Å²) in [5, 5.41) is 7.22. The Kier molecular flexibility index (Phi) is 7.53. The molecule has 6 nitrogen and oxygen atoms in total. The Morgan fingerprint density at radius 3 is 2.71 bits per heavy atom. The molecule has 1 aromatic rings. The van der Waals surface area contributed by atoms with Gasteiger partial charge < -0.3 is 14.7 Å². The topological polar surface area (TPSA) is 66.5 Å². The van der Waals surface area contributed by atoms with Crippen LogP contribution in [0.1, 0.15) is 57.7 Å². The molecule has 1 N–H and O–H groups in total. The first-order chi connectivity index (χ1) is 11.6. The van der Waals surface area contributed by atoms with Crippen molar-refractivity contribution in [2.45, 2.75) is 59.3 Å². The molecule has 1 aromatic heterocycles. The third-order valence-electron chi connectivity index (χ3n) is 4.74. The molecule has 1 heterocycles. The fraction of sp³-hybridized carbons (Fsp3) is 0.833. The van der Waals surface area contributed by atoms with E-state index in [1.165, 1.54) is 25.7 Å². The molecule has 0 aromatic carbocycles. The van der Waals surface area contributed by atoms with E-state index < -0.39 is 0 Å². The standard InChI is InChI=1S/C18H33N5O/c1-5-19-18(20-12-6-7-17-21-15(3)22-24-17)23(4)13-16-10-8-14(2)9-11-16/h14,16H,5-13H2,1-4H3,(H,19,20). The Morgan fingerprint density at radius 2 is 2.08 bits per heavy atom. The highest BCUT2D eigenvalue weighted by molar-refractivity contribution is 5.79. The maximum absolute atomic E-state index is 5.14. The van der Waals surface area contributed by atoms with Gasteiger partial charge in [0.2, 0.25) is 5.89 Å². The van der Waals surface area contributed by atoms with Gasteiger partial charge in [-0.25, -0.2) is 0 Å². The average Bonchev–Trinajstić information content (AvgIpc) is 2.98. The van der Waals surface area contributed by atoms with Crippen molar-refractivity contribution in [3.63, 3.8) is 0 Å². The first kappa shape index (κ1) is 18.7. The SMILES string of the molecule is CCNC(=NCCCc1nc(C)no1)N(C)CC1CCC(C)CC1. The maximum atomic E-state index is 5.14. The second kappa shape index (κ2) is 9.64. The molecule has 1 aliphatic rings. The Balaban J connectivity index is 1.78. The Labute approximate surface area is 146 Å². The van der Waals surface area contributed by atoms with Crippen molar-refractivity contribution in [1.82, 2.24) is 20.4 Å². The van der Waals surface area contributed by atoms with Crippen molar-refractivity contribution in [1.29, 1.82) is 0 Å². The number of rotatable bonds is 7. The van der Waals surface area contributed by atoms with Crippen molar-refractivity contribution >= 4 is 5.96 Å². The zero-order valence-corrected chi connectivity index (χ0v) is 15.7. The van der Waals surface area contributed by atoms with E-state index in [1.807, 2.05) is 6.92 Å². The monoisotopic (exact) mass is 335 g/mol. The van der Waals surface area contributed by atoms with Gasteiger partial charge >= 0.3 is 0 Å². The summed E-state index contributed by atoms with van der Waals surface area (Å²) in [5.74, 6) is 4.12. The van der Waals surface area contributed by atoms with E-state index in [0.717, 1.165) is 50.3 Å². The third-order valence-corrected chi connectivity index (χ3v) is 4.74. The Hall–Kier alpha value is -1.59. The van der Waals surface area contributed by atoms with Gasteiger partial charge in [0.05, 0.1) is 0 Å². The lowest BCUT2D eigenvalue weighted by Gasteiger charge is -2.31. The predicted octanol–water partition coefficient (Wildman–Crippen LogP) is 3.03. The summed E-state index contributed by atoms with van der Waals surface area (Å²) < 4.78 is 5.14. The predicted molar refractivity (Wildman–Crippen MR) is 97.1 cm³/mol. The second-order valence-electron chi connectivity index (χ2n) is 7.08. The average molecular weight is 335 g/mol. The molecule has 1 aliphatic carbocycles. The molecule has 0 amide bonds. The van der Waals surface area contributed by atoms with Crippen molar-refractivity contribution < 1.29 is 4.52 Å². The molecular weight excluding hydrogens is 302 g/mol. The third kappa shape index (κ3) is 6.13. The van der Waals surface area contributed by atoms with Crippen LogP contribution in [0.3, 0.4) is 0 Å². The number of nitrogens with zero attached hydrogens (tertiary/aromatic N) is 4. The largest absolute Gasteiger partial charge is 0.357 e. The smallest absolute Gasteiger partial charge is 0.226 e. The van der Waals surface area contributed by atoms with Crippen LogP contribution in [-0.2, 0) is 6.42 Å². The minimum atomic E-state index is 0.698. The van der Waals surface area contributed by atoms with Crippen LogP contribution in [0.2, 0.25) is 0 Å². The molecular formula is C18H33N5O. The molecule has 1 saturated carbocycles. The van der Waals surface area contributed by atoms with Crippen molar-refractivity contribution in [2.75, 3.05) is 26.7 Å². The number of aryl methyl sites for hydroxylation is 2. The minimum absolute atomic E-state index is 0.698. The molecule has 0 aliphatic heterocycles. The normalized spacial score (nSPS) is 21.8. The van der Waals surface area contributed by atoms with Crippen LogP contribution < -0.4 is 5.32 Å². The Bertz CT molecular complexity index is 505. The van der Waals surface area contributed by atoms with Gasteiger partial charge in [-0.1, -0.05) is 24.9 Å². The van der Waals surface area contributed by atoms with Crippen molar-refractivity contribution in [2.24, 2.45) is 16.8 Å². The quantitative estimate of drug-likeness (QED) is 0.471. The second-order valence-corrected chi connectivity index (χ2v) is 7.08.